The third kappa shape index (κ3) is 7.13. The van der Waals surface area contributed by atoms with Crippen LogP contribution in [0.5, 0.6) is 11.5 Å². The molecule has 4 N–H and O–H groups in total. The number of phenolic OH excluding ortho intramolecular Hbond substituents is 1. The molecule has 0 atom stereocenters. The zero-order chi connectivity index (χ0) is 28.9. The number of likely N-dealkylation sites (N-methyl/N-ethyl adjacent to an activating group) is 1. The van der Waals surface area contributed by atoms with Crippen LogP contribution in [0.25, 0.3) is 0 Å². The van der Waals surface area contributed by atoms with Crippen molar-refractivity contribution in [3.05, 3.63) is 52.8 Å². The van der Waals surface area contributed by atoms with Gasteiger partial charge in [-0.25, -0.2) is 4.39 Å². The molecule has 0 unspecified atom stereocenters. The van der Waals surface area contributed by atoms with Crippen molar-refractivity contribution in [1.29, 1.82) is 10.8 Å². The molecule has 1 heterocycles. The predicted molar refractivity (Wildman–Crippen MR) is 153 cm³/mol. The minimum Gasteiger partial charge on any atom is -0.507 e. The van der Waals surface area contributed by atoms with Crippen molar-refractivity contribution in [2.75, 3.05) is 44.7 Å². The Morgan fingerprint density at radius 3 is 2.28 bits per heavy atom. The summed E-state index contributed by atoms with van der Waals surface area (Å²) in [5, 5.41) is 31.0. The summed E-state index contributed by atoms with van der Waals surface area (Å²) in [6, 6.07) is 7.35. The largest absolute Gasteiger partial charge is 0.507 e. The number of aromatic hydroxyl groups is 1. The first kappa shape index (κ1) is 30.0. The fourth-order valence-electron chi connectivity index (χ4n) is 4.66. The number of amides is 1. The van der Waals surface area contributed by atoms with E-state index in [1.165, 1.54) is 25.3 Å². The molecule has 0 bridgehead atoms. The molecule has 1 saturated heterocycles. The molecule has 0 spiro atoms. The van der Waals surface area contributed by atoms with E-state index in [1.54, 1.807) is 26.0 Å². The fourth-order valence-corrected chi connectivity index (χ4v) is 4.66. The molecule has 0 saturated carbocycles. The van der Waals surface area contributed by atoms with Crippen LogP contribution in [0.2, 0.25) is 0 Å². The van der Waals surface area contributed by atoms with Gasteiger partial charge in [-0.05, 0) is 55.6 Å². The number of nitrogens with one attached hydrogen (secondary N) is 3. The van der Waals surface area contributed by atoms with Gasteiger partial charge < -0.3 is 20.1 Å². The molecule has 0 aliphatic carbocycles. The molecule has 10 heteroatoms. The van der Waals surface area contributed by atoms with Crippen LogP contribution >= 0.6 is 0 Å². The highest BCUT2D eigenvalue weighted by Crippen LogP contribution is 2.35. The van der Waals surface area contributed by atoms with Gasteiger partial charge in [0, 0.05) is 44.8 Å². The lowest BCUT2D eigenvalue weighted by Gasteiger charge is -2.34. The molecule has 1 aliphatic heterocycles. The van der Waals surface area contributed by atoms with Gasteiger partial charge in [0.05, 0.1) is 18.4 Å². The number of carbonyl (C=O) groups excluding carboxylic acids is 1. The second-order valence-corrected chi connectivity index (χ2v) is 10.4. The molecular formula is C29H41FN6O3. The van der Waals surface area contributed by atoms with Gasteiger partial charge in [0.25, 0.3) is 5.91 Å². The Bertz CT molecular complexity index is 1210. The summed E-state index contributed by atoms with van der Waals surface area (Å²) in [5.41, 5.74) is 1.43. The van der Waals surface area contributed by atoms with Gasteiger partial charge in [0.1, 0.15) is 23.2 Å². The first-order chi connectivity index (χ1) is 18.5. The number of benzene rings is 2. The van der Waals surface area contributed by atoms with Gasteiger partial charge in [-0.1, -0.05) is 26.8 Å². The first-order valence-electron chi connectivity index (χ1n) is 13.4. The van der Waals surface area contributed by atoms with Crippen LogP contribution in [-0.4, -0.2) is 78.4 Å². The molecule has 0 radical (unpaired) electrons. The molecule has 1 aliphatic rings. The summed E-state index contributed by atoms with van der Waals surface area (Å²) in [6.45, 7) is 14.8. The Hall–Kier alpha value is -3.50. The molecule has 39 heavy (non-hydrogen) atoms. The van der Waals surface area contributed by atoms with E-state index in [4.69, 9.17) is 15.6 Å². The van der Waals surface area contributed by atoms with E-state index in [1.807, 2.05) is 13.8 Å². The number of ether oxygens (including phenoxy) is 1. The molecule has 212 valence electrons. The minimum atomic E-state index is -0.760. The number of hydrogen-bond acceptors (Lipinski definition) is 7. The number of halogens is 1. The Balaban J connectivity index is 1.99. The van der Waals surface area contributed by atoms with Crippen LogP contribution in [0.1, 0.15) is 57.2 Å². The normalized spacial score (nSPS) is 14.5. The number of nitrogens with zero attached hydrogens (tertiary/aromatic N) is 3. The quantitative estimate of drug-likeness (QED) is 0.296. The predicted octanol–water partition coefficient (Wildman–Crippen LogP) is 4.13. The van der Waals surface area contributed by atoms with Crippen molar-refractivity contribution >= 4 is 23.3 Å². The van der Waals surface area contributed by atoms with E-state index in [0.29, 0.717) is 12.3 Å². The summed E-state index contributed by atoms with van der Waals surface area (Å²) in [5.74, 6) is -2.27. The summed E-state index contributed by atoms with van der Waals surface area (Å²) in [6.07, 6.45) is 0. The highest BCUT2D eigenvalue weighted by atomic mass is 19.1. The maximum absolute atomic E-state index is 15.7. The van der Waals surface area contributed by atoms with Gasteiger partial charge in [0.15, 0.2) is 5.84 Å². The number of rotatable bonds is 8. The van der Waals surface area contributed by atoms with Gasteiger partial charge in [-0.2, -0.15) is 0 Å². The number of amidine groups is 2. The third-order valence-electron chi connectivity index (χ3n) is 6.88. The number of phenols is 1. The van der Waals surface area contributed by atoms with Gasteiger partial charge in [0.2, 0.25) is 0 Å². The Kier molecular flexibility index (Phi) is 10.0. The van der Waals surface area contributed by atoms with E-state index in [0.717, 1.165) is 48.8 Å². The van der Waals surface area contributed by atoms with Crippen molar-refractivity contribution in [3.8, 4) is 11.5 Å². The average Bonchev–Trinajstić information content (AvgIpc) is 2.89. The molecule has 2 aromatic carbocycles. The number of anilines is 1. The fraction of sp³-hybridized carbons (Fsp3) is 0.483. The molecule has 1 amide bonds. The van der Waals surface area contributed by atoms with E-state index in [-0.39, 0.29) is 29.0 Å². The number of methoxy groups -OCH3 is 1. The monoisotopic (exact) mass is 540 g/mol. The number of hydrogen-bond donors (Lipinski definition) is 4. The molecule has 9 nitrogen and oxygen atoms in total. The minimum absolute atomic E-state index is 0.000506. The van der Waals surface area contributed by atoms with E-state index < -0.39 is 23.4 Å². The number of carbonyl (C=O) groups is 1. The van der Waals surface area contributed by atoms with E-state index >= 15 is 4.39 Å². The van der Waals surface area contributed by atoms with E-state index in [9.17, 15) is 9.90 Å². The Morgan fingerprint density at radius 1 is 1.10 bits per heavy atom. The SMILES string of the molecule is CCN1CCN(Cc2ccc(N(C(=N)C(=O)NC(C)C)C(=N)c3cc(C(C)C)c(OC)cc3O)c(F)c2)CC1. The van der Waals surface area contributed by atoms with Crippen molar-refractivity contribution < 1.29 is 19.0 Å². The van der Waals surface area contributed by atoms with Crippen LogP contribution in [0.4, 0.5) is 10.1 Å². The van der Waals surface area contributed by atoms with Gasteiger partial charge >= 0.3 is 0 Å². The Morgan fingerprint density at radius 2 is 1.74 bits per heavy atom. The molecular weight excluding hydrogens is 499 g/mol. The summed E-state index contributed by atoms with van der Waals surface area (Å²) in [7, 11) is 1.49. The molecule has 3 rings (SSSR count). The van der Waals surface area contributed by atoms with E-state index in [2.05, 4.69) is 22.0 Å². The van der Waals surface area contributed by atoms with Crippen molar-refractivity contribution in [2.24, 2.45) is 0 Å². The first-order valence-corrected chi connectivity index (χ1v) is 13.4. The van der Waals surface area contributed by atoms with Crippen LogP contribution in [0.15, 0.2) is 30.3 Å². The molecule has 2 aromatic rings. The van der Waals surface area contributed by atoms with Crippen LogP contribution in [-0.2, 0) is 11.3 Å². The van der Waals surface area contributed by atoms with Crippen molar-refractivity contribution in [3.63, 3.8) is 0 Å². The maximum Gasteiger partial charge on any atom is 0.287 e. The second-order valence-electron chi connectivity index (χ2n) is 10.4. The highest BCUT2D eigenvalue weighted by Gasteiger charge is 2.29. The van der Waals surface area contributed by atoms with Crippen LogP contribution < -0.4 is 15.0 Å². The zero-order valence-electron chi connectivity index (χ0n) is 23.8. The summed E-state index contributed by atoms with van der Waals surface area (Å²) >= 11 is 0. The second kappa shape index (κ2) is 13.0. The van der Waals surface area contributed by atoms with Crippen molar-refractivity contribution in [1.82, 2.24) is 15.1 Å². The molecule has 1 fully saturated rings. The van der Waals surface area contributed by atoms with Crippen molar-refractivity contribution in [2.45, 2.75) is 53.1 Å². The van der Waals surface area contributed by atoms with Gasteiger partial charge in [-0.15, -0.1) is 0 Å². The maximum atomic E-state index is 15.7. The van der Waals surface area contributed by atoms with Crippen LogP contribution in [0, 0.1) is 16.6 Å². The summed E-state index contributed by atoms with van der Waals surface area (Å²) < 4.78 is 21.1. The molecule has 0 aromatic heterocycles. The lowest BCUT2D eigenvalue weighted by atomic mass is 9.97. The lowest BCUT2D eigenvalue weighted by Crippen LogP contribution is -2.48. The van der Waals surface area contributed by atoms with Crippen LogP contribution in [0.3, 0.4) is 0 Å². The summed E-state index contributed by atoms with van der Waals surface area (Å²) in [4.78, 5) is 18.4. The average molecular weight is 541 g/mol. The topological polar surface area (TPSA) is 116 Å². The number of piperazine rings is 1. The van der Waals surface area contributed by atoms with Gasteiger partial charge in [-0.3, -0.25) is 25.4 Å². The third-order valence-corrected chi connectivity index (χ3v) is 6.88. The lowest BCUT2D eigenvalue weighted by molar-refractivity contribution is -0.115. The zero-order valence-corrected chi connectivity index (χ0v) is 23.8. The highest BCUT2D eigenvalue weighted by molar-refractivity contribution is 6.48. The smallest absolute Gasteiger partial charge is 0.287 e. The standard InChI is InChI=1S/C29H41FN6O3/c1-7-34-10-12-35(13-11-34)17-20-8-9-24(23(30)14-20)36(28(32)29(38)33-19(4)5)27(31)22-15-21(18(2)3)26(39-6)16-25(22)37/h8-9,14-16,18-19,31-32,37H,7,10-13,17H2,1-6H3,(H,33,38). The Labute approximate surface area is 230 Å².